The highest BCUT2D eigenvalue weighted by molar-refractivity contribution is 7.90. The number of hydrogen-bond donors (Lipinski definition) is 1. The third-order valence-electron chi connectivity index (χ3n) is 3.69. The number of sulfonamides is 1. The molecule has 0 radical (unpaired) electrons. The Labute approximate surface area is 144 Å². The van der Waals surface area contributed by atoms with Crippen LogP contribution in [0.3, 0.4) is 0 Å². The molecule has 6 nitrogen and oxygen atoms in total. The van der Waals surface area contributed by atoms with Gasteiger partial charge in [0, 0.05) is 12.6 Å². The third kappa shape index (κ3) is 4.80. The summed E-state index contributed by atoms with van der Waals surface area (Å²) in [7, 11) is -0.139. The fourth-order valence-corrected chi connectivity index (χ4v) is 4.43. The smallest absolute Gasteiger partial charge is 0.219 e. The van der Waals surface area contributed by atoms with Crippen molar-refractivity contribution in [1.82, 2.24) is 9.79 Å². The molecule has 0 spiro atoms. The summed E-state index contributed by atoms with van der Waals surface area (Å²) >= 11 is 0. The molecule has 1 saturated heterocycles. The Bertz CT molecular complexity index is 678. The van der Waals surface area contributed by atoms with Crippen LogP contribution >= 0.6 is 0 Å². The molecule has 7 heteroatoms. The number of rotatable bonds is 5. The molecule has 1 aliphatic rings. The Morgan fingerprint density at radius 3 is 2.46 bits per heavy atom. The molecule has 0 amide bonds. The molecule has 1 aliphatic heterocycles. The first-order chi connectivity index (χ1) is 11.1. The van der Waals surface area contributed by atoms with Gasteiger partial charge >= 0.3 is 0 Å². The summed E-state index contributed by atoms with van der Waals surface area (Å²) in [4.78, 5) is 5.45. The number of methoxy groups -OCH3 is 1. The highest BCUT2D eigenvalue weighted by atomic mass is 32.2. The van der Waals surface area contributed by atoms with E-state index in [2.05, 4.69) is 4.72 Å². The Morgan fingerprint density at radius 1 is 1.29 bits per heavy atom. The summed E-state index contributed by atoms with van der Waals surface area (Å²) in [6.07, 6.45) is 3.76. The summed E-state index contributed by atoms with van der Waals surface area (Å²) in [6.45, 7) is 5.62. The number of nitrogens with one attached hydrogen (secondary N) is 1. The van der Waals surface area contributed by atoms with Gasteiger partial charge in [-0.1, -0.05) is 24.3 Å². The number of nitrogens with zero attached hydrogens (tertiary/aromatic N) is 1. The zero-order valence-electron chi connectivity index (χ0n) is 14.8. The minimum absolute atomic E-state index is 0.138. The molecule has 1 fully saturated rings. The van der Waals surface area contributed by atoms with E-state index in [9.17, 15) is 8.42 Å². The first-order valence-electron chi connectivity index (χ1n) is 7.83. The zero-order chi connectivity index (χ0) is 18.0. The molecular formula is C17H26N2O4S. The molecule has 2 unspecified atom stereocenters. The first-order valence-corrected chi connectivity index (χ1v) is 9.38. The summed E-state index contributed by atoms with van der Waals surface area (Å²) in [5.74, 6) is 0.781. The second-order valence-electron chi connectivity index (χ2n) is 6.90. The molecule has 1 N–H and O–H groups in total. The number of likely N-dealkylation sites (N-methyl/N-ethyl adjacent to an activating group) is 1. The molecule has 0 saturated carbocycles. The van der Waals surface area contributed by atoms with Crippen molar-refractivity contribution in [2.24, 2.45) is 0 Å². The van der Waals surface area contributed by atoms with Gasteiger partial charge in [0.05, 0.1) is 19.8 Å². The maximum atomic E-state index is 12.6. The predicted molar refractivity (Wildman–Crippen MR) is 95.1 cm³/mol. The predicted octanol–water partition coefficient (Wildman–Crippen LogP) is 2.04. The van der Waals surface area contributed by atoms with Crippen molar-refractivity contribution in [3.05, 3.63) is 35.9 Å². The van der Waals surface area contributed by atoms with E-state index in [0.717, 1.165) is 11.3 Å². The molecule has 1 heterocycles. The van der Waals surface area contributed by atoms with Crippen molar-refractivity contribution >= 4 is 16.1 Å². The molecule has 1 aromatic rings. The van der Waals surface area contributed by atoms with E-state index < -0.39 is 20.8 Å². The molecule has 0 aromatic heterocycles. The SMILES string of the molecule is COc1ccc(/C=C/C2C(S(=O)(=O)NC(C)(C)C)CON2C)cc1. The van der Waals surface area contributed by atoms with Crippen LogP contribution in [0, 0.1) is 0 Å². The van der Waals surface area contributed by atoms with E-state index in [0.29, 0.717) is 0 Å². The highest BCUT2D eigenvalue weighted by Crippen LogP contribution is 2.23. The van der Waals surface area contributed by atoms with Gasteiger partial charge in [-0.15, -0.1) is 0 Å². The molecule has 1 aromatic carbocycles. The molecule has 2 atom stereocenters. The fourth-order valence-electron chi connectivity index (χ4n) is 2.56. The molecule has 0 aliphatic carbocycles. The van der Waals surface area contributed by atoms with Gasteiger partial charge < -0.3 is 4.74 Å². The third-order valence-corrected chi connectivity index (χ3v) is 5.80. The summed E-state index contributed by atoms with van der Waals surface area (Å²) in [5, 5.41) is 0.934. The second-order valence-corrected chi connectivity index (χ2v) is 8.80. The van der Waals surface area contributed by atoms with Gasteiger partial charge in [0.15, 0.2) is 0 Å². The van der Waals surface area contributed by atoms with Crippen molar-refractivity contribution in [1.29, 1.82) is 0 Å². The first kappa shape index (κ1) is 18.9. The van der Waals surface area contributed by atoms with Gasteiger partial charge in [-0.3, -0.25) is 4.84 Å². The number of hydrogen-bond acceptors (Lipinski definition) is 5. The van der Waals surface area contributed by atoms with E-state index in [1.165, 1.54) is 0 Å². The monoisotopic (exact) mass is 354 g/mol. The van der Waals surface area contributed by atoms with Crippen LogP contribution in [0.2, 0.25) is 0 Å². The number of benzene rings is 1. The molecular weight excluding hydrogens is 328 g/mol. The van der Waals surface area contributed by atoms with Gasteiger partial charge in [0.25, 0.3) is 0 Å². The average Bonchev–Trinajstić information content (AvgIpc) is 2.85. The van der Waals surface area contributed by atoms with E-state index in [4.69, 9.17) is 9.57 Å². The van der Waals surface area contributed by atoms with Crippen LogP contribution < -0.4 is 9.46 Å². The Hall–Kier alpha value is -1.41. The van der Waals surface area contributed by atoms with Crippen molar-refractivity contribution < 1.29 is 18.0 Å². The minimum Gasteiger partial charge on any atom is -0.497 e. The Balaban J connectivity index is 2.18. The Morgan fingerprint density at radius 2 is 1.92 bits per heavy atom. The van der Waals surface area contributed by atoms with Gasteiger partial charge in [0.2, 0.25) is 10.0 Å². The minimum atomic E-state index is -3.50. The Kier molecular flexibility index (Phi) is 5.70. The molecule has 24 heavy (non-hydrogen) atoms. The lowest BCUT2D eigenvalue weighted by molar-refractivity contribution is -0.100. The van der Waals surface area contributed by atoms with Gasteiger partial charge in [-0.2, -0.15) is 5.06 Å². The van der Waals surface area contributed by atoms with Crippen LogP contribution in [-0.4, -0.2) is 51.1 Å². The topological polar surface area (TPSA) is 67.9 Å². The van der Waals surface area contributed by atoms with Crippen LogP contribution in [0.5, 0.6) is 5.75 Å². The van der Waals surface area contributed by atoms with Crippen molar-refractivity contribution in [3.63, 3.8) is 0 Å². The van der Waals surface area contributed by atoms with Crippen molar-refractivity contribution in [3.8, 4) is 5.75 Å². The molecule has 0 bridgehead atoms. The largest absolute Gasteiger partial charge is 0.497 e. The zero-order valence-corrected chi connectivity index (χ0v) is 15.6. The lowest BCUT2D eigenvalue weighted by atomic mass is 10.1. The van der Waals surface area contributed by atoms with E-state index >= 15 is 0 Å². The highest BCUT2D eigenvalue weighted by Gasteiger charge is 2.42. The molecule has 2 rings (SSSR count). The quantitative estimate of drug-likeness (QED) is 0.876. The number of ether oxygens (including phenoxy) is 1. The fraction of sp³-hybridized carbons (Fsp3) is 0.529. The normalized spacial score (nSPS) is 23.0. The van der Waals surface area contributed by atoms with Crippen molar-refractivity contribution in [2.45, 2.75) is 37.6 Å². The maximum absolute atomic E-state index is 12.6. The van der Waals surface area contributed by atoms with Crippen LogP contribution in [0.1, 0.15) is 26.3 Å². The second kappa shape index (κ2) is 7.23. The van der Waals surface area contributed by atoms with Crippen LogP contribution in [0.15, 0.2) is 30.3 Å². The van der Waals surface area contributed by atoms with Gasteiger partial charge in [-0.05, 0) is 38.5 Å². The van der Waals surface area contributed by atoms with E-state index in [1.54, 1.807) is 19.2 Å². The van der Waals surface area contributed by atoms with Crippen LogP contribution in [0.25, 0.3) is 6.08 Å². The van der Waals surface area contributed by atoms with Crippen LogP contribution in [-0.2, 0) is 14.9 Å². The summed E-state index contributed by atoms with van der Waals surface area (Å²) in [6, 6.07) is 7.21. The van der Waals surface area contributed by atoms with E-state index in [1.807, 2.05) is 57.2 Å². The maximum Gasteiger partial charge on any atom is 0.219 e. The van der Waals surface area contributed by atoms with Crippen molar-refractivity contribution in [2.75, 3.05) is 20.8 Å². The summed E-state index contributed by atoms with van der Waals surface area (Å²) < 4.78 is 33.1. The lowest BCUT2D eigenvalue weighted by Gasteiger charge is -2.25. The standard InChI is InChI=1S/C17H26N2O4S/c1-17(2,3)18-24(20,21)16-12-23-19(4)15(16)11-8-13-6-9-14(22-5)10-7-13/h6-11,15-16,18H,12H2,1-5H3/b11-8+. The van der Waals surface area contributed by atoms with Gasteiger partial charge in [0.1, 0.15) is 11.0 Å². The average molecular weight is 354 g/mol. The molecule has 134 valence electrons. The van der Waals surface area contributed by atoms with E-state index in [-0.39, 0.29) is 12.6 Å². The lowest BCUT2D eigenvalue weighted by Crippen LogP contribution is -2.49. The van der Waals surface area contributed by atoms with Gasteiger partial charge in [-0.25, -0.2) is 13.1 Å². The number of hydroxylamine groups is 2. The summed E-state index contributed by atoms with van der Waals surface area (Å²) in [5.41, 5.74) is 0.445. The van der Waals surface area contributed by atoms with Crippen LogP contribution in [0.4, 0.5) is 0 Å².